The zero-order valence-electron chi connectivity index (χ0n) is 19.2. The maximum Gasteiger partial charge on any atom is 0.296 e. The van der Waals surface area contributed by atoms with Gasteiger partial charge in [-0.05, 0) is 28.1 Å². The number of anilines is 2. The number of hydrogen-bond donors (Lipinski definition) is 3. The van der Waals surface area contributed by atoms with Crippen molar-refractivity contribution in [1.29, 1.82) is 0 Å². The Hall–Kier alpha value is -4.04. The first-order valence-electron chi connectivity index (χ1n) is 10.5. The lowest BCUT2D eigenvalue weighted by molar-refractivity contribution is -0.384. The fourth-order valence-corrected chi connectivity index (χ4v) is 3.66. The monoisotopic (exact) mass is 565 g/mol. The van der Waals surface area contributed by atoms with Gasteiger partial charge >= 0.3 is 0 Å². The molecule has 0 saturated carbocycles. The molecule has 0 saturated heterocycles. The summed E-state index contributed by atoms with van der Waals surface area (Å²) in [5, 5.41) is 28.7. The first-order chi connectivity index (χ1) is 17.2. The van der Waals surface area contributed by atoms with E-state index in [9.17, 15) is 29.8 Å². The number of hydrogen-bond acceptors (Lipinski definition) is 10. The number of methoxy groups -OCH3 is 1. The van der Waals surface area contributed by atoms with E-state index < -0.39 is 15.8 Å². The minimum Gasteiger partial charge on any atom is -0.491 e. The van der Waals surface area contributed by atoms with Crippen LogP contribution < -0.4 is 21.1 Å². The van der Waals surface area contributed by atoms with Crippen molar-refractivity contribution in [3.05, 3.63) is 72.2 Å². The number of benzene rings is 2. The van der Waals surface area contributed by atoms with E-state index in [1.807, 2.05) is 0 Å². The summed E-state index contributed by atoms with van der Waals surface area (Å²) in [7, 11) is 1.53. The maximum atomic E-state index is 11.6. The molecule has 13 nitrogen and oxygen atoms in total. The average molecular weight is 566 g/mol. The number of nitrogens with zero attached hydrogens (tertiary/aromatic N) is 2. The van der Waals surface area contributed by atoms with Crippen molar-refractivity contribution in [2.24, 2.45) is 5.73 Å². The summed E-state index contributed by atoms with van der Waals surface area (Å²) in [6.07, 6.45) is 4.33. The number of nitrogens with two attached hydrogens (primary N) is 1. The molecule has 0 radical (unpaired) electrons. The molecule has 0 atom stereocenters. The van der Waals surface area contributed by atoms with E-state index in [1.54, 1.807) is 12.2 Å². The second-order valence-electron chi connectivity index (χ2n) is 7.19. The fourth-order valence-electron chi connectivity index (χ4n) is 3.05. The van der Waals surface area contributed by atoms with Gasteiger partial charge in [-0.3, -0.25) is 29.8 Å². The number of amides is 1. The standard InChI is InChI=1S/C22H24BrN5O8/c1-35-7-4-8-36-19-12-15(22(24)30)11-18(28(33)34)21(19)26-6-3-2-5-25-20-16(23)9-14(13-29)10-17(20)27(31)32/h2-3,9-13,25-26H,4-8H2,1H3,(H2,24,30)/b3-2+. The number of nitro groups is 2. The van der Waals surface area contributed by atoms with E-state index >= 15 is 0 Å². The Morgan fingerprint density at radius 1 is 1.03 bits per heavy atom. The minimum atomic E-state index is -0.834. The molecule has 0 heterocycles. The molecule has 2 rings (SSSR count). The van der Waals surface area contributed by atoms with Crippen LogP contribution in [-0.4, -0.2) is 55.5 Å². The van der Waals surface area contributed by atoms with Crippen molar-refractivity contribution < 1.29 is 28.9 Å². The van der Waals surface area contributed by atoms with Gasteiger partial charge in [0.1, 0.15) is 17.7 Å². The lowest BCUT2D eigenvalue weighted by Crippen LogP contribution is -2.14. The predicted molar refractivity (Wildman–Crippen MR) is 136 cm³/mol. The quantitative estimate of drug-likeness (QED) is 0.0943. The average Bonchev–Trinajstić information content (AvgIpc) is 2.84. The van der Waals surface area contributed by atoms with Gasteiger partial charge in [0.15, 0.2) is 5.69 Å². The normalized spacial score (nSPS) is 10.7. The van der Waals surface area contributed by atoms with Crippen LogP contribution in [0.3, 0.4) is 0 Å². The Kier molecular flexibility index (Phi) is 10.8. The molecule has 0 spiro atoms. The molecule has 0 aromatic heterocycles. The van der Waals surface area contributed by atoms with Crippen molar-refractivity contribution in [3.8, 4) is 5.75 Å². The molecule has 1 amide bonds. The van der Waals surface area contributed by atoms with Crippen molar-refractivity contribution >= 4 is 50.9 Å². The molecular weight excluding hydrogens is 542 g/mol. The van der Waals surface area contributed by atoms with Crippen molar-refractivity contribution in [2.45, 2.75) is 6.42 Å². The highest BCUT2D eigenvalue weighted by Gasteiger charge is 2.22. The Balaban J connectivity index is 2.14. The Morgan fingerprint density at radius 2 is 1.64 bits per heavy atom. The number of halogens is 1. The number of carbonyl (C=O) groups excluding carboxylic acids is 2. The van der Waals surface area contributed by atoms with Gasteiger partial charge < -0.3 is 25.8 Å². The minimum absolute atomic E-state index is 0.0681. The molecule has 0 unspecified atom stereocenters. The summed E-state index contributed by atoms with van der Waals surface area (Å²) >= 11 is 3.22. The largest absolute Gasteiger partial charge is 0.491 e. The van der Waals surface area contributed by atoms with Crippen molar-refractivity contribution in [3.63, 3.8) is 0 Å². The first kappa shape index (κ1) is 28.2. The zero-order chi connectivity index (χ0) is 26.7. The molecule has 0 bridgehead atoms. The lowest BCUT2D eigenvalue weighted by Gasteiger charge is -2.14. The van der Waals surface area contributed by atoms with Crippen LogP contribution >= 0.6 is 15.9 Å². The molecular formula is C22H24BrN5O8. The van der Waals surface area contributed by atoms with Gasteiger partial charge in [-0.2, -0.15) is 0 Å². The number of nitrogens with one attached hydrogen (secondary N) is 2. The lowest BCUT2D eigenvalue weighted by atomic mass is 10.1. The summed E-state index contributed by atoms with van der Waals surface area (Å²) in [5.74, 6) is -0.741. The third kappa shape index (κ3) is 7.74. The Morgan fingerprint density at radius 3 is 2.19 bits per heavy atom. The van der Waals surface area contributed by atoms with E-state index in [0.717, 1.165) is 12.1 Å². The number of carbonyl (C=O) groups is 2. The van der Waals surface area contributed by atoms with Gasteiger partial charge in [-0.15, -0.1) is 0 Å². The summed E-state index contributed by atoms with van der Waals surface area (Å²) in [6.45, 7) is 0.936. The van der Waals surface area contributed by atoms with Gasteiger partial charge in [-0.1, -0.05) is 12.2 Å². The van der Waals surface area contributed by atoms with Crippen LogP contribution in [0.1, 0.15) is 27.1 Å². The molecule has 4 N–H and O–H groups in total. The molecule has 192 valence electrons. The van der Waals surface area contributed by atoms with E-state index in [-0.39, 0.29) is 59.3 Å². The predicted octanol–water partition coefficient (Wildman–Crippen LogP) is 3.67. The molecule has 36 heavy (non-hydrogen) atoms. The Bertz CT molecular complexity index is 1170. The number of rotatable bonds is 15. The highest BCUT2D eigenvalue weighted by molar-refractivity contribution is 9.10. The van der Waals surface area contributed by atoms with Gasteiger partial charge in [0.05, 0.1) is 16.5 Å². The van der Waals surface area contributed by atoms with Gasteiger partial charge in [-0.25, -0.2) is 0 Å². The third-order valence-electron chi connectivity index (χ3n) is 4.70. The highest BCUT2D eigenvalue weighted by Crippen LogP contribution is 2.36. The topological polar surface area (TPSA) is 189 Å². The van der Waals surface area contributed by atoms with Crippen LogP contribution in [0.5, 0.6) is 5.75 Å². The maximum absolute atomic E-state index is 11.6. The van der Waals surface area contributed by atoms with Crippen LogP contribution in [-0.2, 0) is 4.74 Å². The van der Waals surface area contributed by atoms with Gasteiger partial charge in [0.2, 0.25) is 5.91 Å². The van der Waals surface area contributed by atoms with Crippen LogP contribution in [0.25, 0.3) is 0 Å². The third-order valence-corrected chi connectivity index (χ3v) is 5.32. The second kappa shape index (κ2) is 13.7. The number of nitro benzene ring substituents is 2. The number of ether oxygens (including phenoxy) is 2. The molecule has 0 aliphatic rings. The molecule has 14 heteroatoms. The molecule has 0 aliphatic heterocycles. The SMILES string of the molecule is COCCCOc1cc(C(N)=O)cc([N+](=O)[O-])c1NC/C=C/CNc1c(Br)cc(C=O)cc1[N+](=O)[O-]. The van der Waals surface area contributed by atoms with Crippen molar-refractivity contribution in [1.82, 2.24) is 0 Å². The first-order valence-corrected chi connectivity index (χ1v) is 11.3. The number of aldehydes is 1. The smallest absolute Gasteiger partial charge is 0.296 e. The molecule has 0 fully saturated rings. The van der Waals surface area contributed by atoms with Crippen LogP contribution in [0.4, 0.5) is 22.7 Å². The van der Waals surface area contributed by atoms with Crippen LogP contribution in [0.15, 0.2) is 40.9 Å². The zero-order valence-corrected chi connectivity index (χ0v) is 20.8. The van der Waals surface area contributed by atoms with E-state index in [0.29, 0.717) is 23.8 Å². The molecule has 2 aromatic carbocycles. The van der Waals surface area contributed by atoms with E-state index in [4.69, 9.17) is 15.2 Å². The Labute approximate surface area is 214 Å². The summed E-state index contributed by atoms with van der Waals surface area (Å²) in [6, 6.07) is 5.01. The van der Waals surface area contributed by atoms with Crippen molar-refractivity contribution in [2.75, 3.05) is 44.0 Å². The fraction of sp³-hybridized carbons (Fsp3) is 0.273. The molecule has 2 aromatic rings. The van der Waals surface area contributed by atoms with Gasteiger partial charge in [0.25, 0.3) is 11.4 Å². The number of primary amides is 1. The van der Waals surface area contributed by atoms with E-state index in [2.05, 4.69) is 26.6 Å². The van der Waals surface area contributed by atoms with Crippen LogP contribution in [0.2, 0.25) is 0 Å². The van der Waals surface area contributed by atoms with E-state index in [1.165, 1.54) is 19.2 Å². The summed E-state index contributed by atoms with van der Waals surface area (Å²) < 4.78 is 11.0. The van der Waals surface area contributed by atoms with Crippen LogP contribution in [0, 0.1) is 20.2 Å². The molecule has 0 aliphatic carbocycles. The summed E-state index contributed by atoms with van der Waals surface area (Å²) in [4.78, 5) is 44.3. The second-order valence-corrected chi connectivity index (χ2v) is 8.04. The van der Waals surface area contributed by atoms with Gasteiger partial charge in [0, 0.05) is 61.0 Å². The summed E-state index contributed by atoms with van der Waals surface area (Å²) in [5.41, 5.74) is 5.01. The highest BCUT2D eigenvalue weighted by atomic mass is 79.9.